The largest absolute Gasteiger partial charge is 0.326 e. The van der Waals surface area contributed by atoms with E-state index in [9.17, 15) is 4.79 Å². The fraction of sp³-hybridized carbons (Fsp3) is 0.929. The van der Waals surface area contributed by atoms with E-state index in [4.69, 9.17) is 0 Å². The number of nitrogens with one attached hydrogen (secondary N) is 1. The van der Waals surface area contributed by atoms with Crippen molar-refractivity contribution in [1.29, 1.82) is 0 Å². The van der Waals surface area contributed by atoms with Gasteiger partial charge in [-0.1, -0.05) is 40.0 Å². The lowest BCUT2D eigenvalue weighted by Crippen LogP contribution is -2.43. The van der Waals surface area contributed by atoms with Gasteiger partial charge in [0.15, 0.2) is 0 Å². The molecule has 1 heterocycles. The van der Waals surface area contributed by atoms with E-state index in [1.54, 1.807) is 0 Å². The van der Waals surface area contributed by atoms with Gasteiger partial charge in [0.25, 0.3) is 0 Å². The summed E-state index contributed by atoms with van der Waals surface area (Å²) in [5, 5.41) is 3.52. The van der Waals surface area contributed by atoms with Crippen LogP contribution in [0.4, 0.5) is 0 Å². The van der Waals surface area contributed by atoms with Crippen LogP contribution in [0, 0.1) is 0 Å². The van der Waals surface area contributed by atoms with Gasteiger partial charge in [0.1, 0.15) is 0 Å². The standard InChI is InChI=1S/C14H28N2O/c1-5-8-9-11-16-12(10-6-2)15-14(4,7-3)13(16)17/h12,15H,5-11H2,1-4H3. The van der Waals surface area contributed by atoms with Gasteiger partial charge < -0.3 is 4.90 Å². The van der Waals surface area contributed by atoms with Crippen LogP contribution in [-0.4, -0.2) is 29.1 Å². The lowest BCUT2D eigenvalue weighted by Gasteiger charge is -2.23. The van der Waals surface area contributed by atoms with Crippen molar-refractivity contribution < 1.29 is 4.79 Å². The molecule has 0 aromatic rings. The summed E-state index contributed by atoms with van der Waals surface area (Å²) in [6.07, 6.45) is 6.86. The molecule has 3 heteroatoms. The second kappa shape index (κ2) is 6.39. The van der Waals surface area contributed by atoms with Crippen LogP contribution in [0.15, 0.2) is 0 Å². The third-order valence-electron chi connectivity index (χ3n) is 3.87. The Morgan fingerprint density at radius 3 is 2.47 bits per heavy atom. The van der Waals surface area contributed by atoms with Crippen molar-refractivity contribution in [3.63, 3.8) is 0 Å². The van der Waals surface area contributed by atoms with Crippen molar-refractivity contribution >= 4 is 5.91 Å². The molecule has 0 bridgehead atoms. The summed E-state index contributed by atoms with van der Waals surface area (Å²) in [4.78, 5) is 14.5. The average Bonchev–Trinajstić information content (AvgIpc) is 2.55. The number of carbonyl (C=O) groups is 1. The van der Waals surface area contributed by atoms with E-state index in [2.05, 4.69) is 31.0 Å². The van der Waals surface area contributed by atoms with Gasteiger partial charge in [-0.2, -0.15) is 0 Å². The third kappa shape index (κ3) is 3.21. The number of nitrogens with zero attached hydrogens (tertiary/aromatic N) is 1. The molecule has 1 rings (SSSR count). The second-order valence-electron chi connectivity index (χ2n) is 5.34. The van der Waals surface area contributed by atoms with Crippen LogP contribution < -0.4 is 5.32 Å². The smallest absolute Gasteiger partial charge is 0.243 e. The fourth-order valence-corrected chi connectivity index (χ4v) is 2.51. The summed E-state index contributed by atoms with van der Waals surface area (Å²) >= 11 is 0. The second-order valence-corrected chi connectivity index (χ2v) is 5.34. The lowest BCUT2D eigenvalue weighted by molar-refractivity contribution is -0.133. The van der Waals surface area contributed by atoms with Crippen LogP contribution in [-0.2, 0) is 4.79 Å². The first-order valence-corrected chi connectivity index (χ1v) is 7.17. The molecule has 1 aliphatic heterocycles. The highest BCUT2D eigenvalue weighted by molar-refractivity contribution is 5.88. The maximum Gasteiger partial charge on any atom is 0.243 e. The molecule has 0 aromatic heterocycles. The molecule has 0 aromatic carbocycles. The maximum atomic E-state index is 12.4. The molecule has 0 radical (unpaired) electrons. The van der Waals surface area contributed by atoms with Gasteiger partial charge in [0.05, 0.1) is 11.7 Å². The summed E-state index contributed by atoms with van der Waals surface area (Å²) in [5.41, 5.74) is -0.327. The van der Waals surface area contributed by atoms with Gasteiger partial charge in [0.2, 0.25) is 5.91 Å². The first kappa shape index (κ1) is 14.5. The minimum Gasteiger partial charge on any atom is -0.326 e. The molecular weight excluding hydrogens is 212 g/mol. The zero-order valence-corrected chi connectivity index (χ0v) is 11.9. The number of rotatable bonds is 7. The number of amides is 1. The third-order valence-corrected chi connectivity index (χ3v) is 3.87. The first-order chi connectivity index (χ1) is 8.09. The lowest BCUT2D eigenvalue weighted by atomic mass is 9.99. The van der Waals surface area contributed by atoms with E-state index in [0.29, 0.717) is 5.91 Å². The molecule has 1 amide bonds. The quantitative estimate of drug-likeness (QED) is 0.694. The van der Waals surface area contributed by atoms with Crippen LogP contribution in [0.2, 0.25) is 0 Å². The molecular formula is C14H28N2O. The Morgan fingerprint density at radius 2 is 1.94 bits per heavy atom. The highest BCUT2D eigenvalue weighted by atomic mass is 16.2. The molecule has 1 N–H and O–H groups in total. The Labute approximate surface area is 106 Å². The number of carbonyl (C=O) groups excluding carboxylic acids is 1. The summed E-state index contributed by atoms with van der Waals surface area (Å²) in [6.45, 7) is 9.42. The van der Waals surface area contributed by atoms with E-state index in [1.807, 2.05) is 6.92 Å². The zero-order chi connectivity index (χ0) is 12.9. The predicted octanol–water partition coefficient (Wildman–Crippen LogP) is 2.90. The summed E-state index contributed by atoms with van der Waals surface area (Å²) in [5.74, 6) is 0.301. The van der Waals surface area contributed by atoms with Crippen LogP contribution >= 0.6 is 0 Å². The topological polar surface area (TPSA) is 32.3 Å². The molecule has 1 fully saturated rings. The summed E-state index contributed by atoms with van der Waals surface area (Å²) in [6, 6.07) is 0. The van der Waals surface area contributed by atoms with E-state index < -0.39 is 0 Å². The van der Waals surface area contributed by atoms with Gasteiger partial charge >= 0.3 is 0 Å². The van der Waals surface area contributed by atoms with Crippen LogP contribution in [0.5, 0.6) is 0 Å². The Bertz CT molecular complexity index is 255. The minimum atomic E-state index is -0.327. The molecule has 0 saturated carbocycles. The molecule has 1 saturated heterocycles. The molecule has 17 heavy (non-hydrogen) atoms. The highest BCUT2D eigenvalue weighted by Gasteiger charge is 2.45. The molecule has 1 aliphatic rings. The van der Waals surface area contributed by atoms with Crippen molar-refractivity contribution in [3.05, 3.63) is 0 Å². The van der Waals surface area contributed by atoms with Gasteiger partial charge in [-0.15, -0.1) is 0 Å². The number of unbranched alkanes of at least 4 members (excludes halogenated alkanes) is 2. The van der Waals surface area contributed by atoms with Crippen molar-refractivity contribution in [1.82, 2.24) is 10.2 Å². The van der Waals surface area contributed by atoms with Crippen molar-refractivity contribution in [2.75, 3.05) is 6.54 Å². The van der Waals surface area contributed by atoms with Crippen molar-refractivity contribution in [3.8, 4) is 0 Å². The van der Waals surface area contributed by atoms with Crippen LogP contribution in [0.3, 0.4) is 0 Å². The van der Waals surface area contributed by atoms with Gasteiger partial charge in [-0.05, 0) is 26.2 Å². The molecule has 0 aliphatic carbocycles. The van der Waals surface area contributed by atoms with Crippen LogP contribution in [0.25, 0.3) is 0 Å². The van der Waals surface area contributed by atoms with Crippen molar-refractivity contribution in [2.45, 2.75) is 77.9 Å². The van der Waals surface area contributed by atoms with E-state index in [-0.39, 0.29) is 11.7 Å². The summed E-state index contributed by atoms with van der Waals surface area (Å²) < 4.78 is 0. The van der Waals surface area contributed by atoms with E-state index in [0.717, 1.165) is 32.2 Å². The zero-order valence-electron chi connectivity index (χ0n) is 11.9. The molecule has 0 spiro atoms. The van der Waals surface area contributed by atoms with Gasteiger partial charge in [-0.25, -0.2) is 0 Å². The molecule has 2 unspecified atom stereocenters. The predicted molar refractivity (Wildman–Crippen MR) is 71.8 cm³/mol. The Morgan fingerprint density at radius 1 is 1.24 bits per heavy atom. The van der Waals surface area contributed by atoms with Gasteiger partial charge in [0, 0.05) is 6.54 Å². The molecule has 2 atom stereocenters. The maximum absolute atomic E-state index is 12.4. The average molecular weight is 240 g/mol. The summed E-state index contributed by atoms with van der Waals surface area (Å²) in [7, 11) is 0. The van der Waals surface area contributed by atoms with Crippen molar-refractivity contribution in [2.24, 2.45) is 0 Å². The Kier molecular flexibility index (Phi) is 5.44. The monoisotopic (exact) mass is 240 g/mol. The number of hydrogen-bond donors (Lipinski definition) is 1. The molecule has 3 nitrogen and oxygen atoms in total. The normalized spacial score (nSPS) is 29.1. The highest BCUT2D eigenvalue weighted by Crippen LogP contribution is 2.26. The van der Waals surface area contributed by atoms with Gasteiger partial charge in [-0.3, -0.25) is 10.1 Å². The van der Waals surface area contributed by atoms with E-state index >= 15 is 0 Å². The van der Waals surface area contributed by atoms with E-state index in [1.165, 1.54) is 12.8 Å². The molecule has 100 valence electrons. The first-order valence-electron chi connectivity index (χ1n) is 7.17. The Balaban J connectivity index is 2.65. The number of hydrogen-bond acceptors (Lipinski definition) is 2. The SMILES string of the molecule is CCCCCN1C(=O)C(C)(CC)NC1CCC. The minimum absolute atomic E-state index is 0.259. The Hall–Kier alpha value is -0.570. The van der Waals surface area contributed by atoms with Crippen LogP contribution in [0.1, 0.15) is 66.2 Å². The fourth-order valence-electron chi connectivity index (χ4n) is 2.51.